The first-order valence-corrected chi connectivity index (χ1v) is 8.79. The van der Waals surface area contributed by atoms with E-state index in [1.54, 1.807) is 11.0 Å². The molecule has 1 aliphatic rings. The number of amides is 1. The van der Waals surface area contributed by atoms with E-state index in [-0.39, 0.29) is 0 Å². The molecule has 1 heterocycles. The molecule has 0 aliphatic carbocycles. The molecule has 4 nitrogen and oxygen atoms in total. The molecular weight excluding hydrogens is 314 g/mol. The molecule has 1 aliphatic heterocycles. The summed E-state index contributed by atoms with van der Waals surface area (Å²) in [6.07, 6.45) is 3.40. The minimum absolute atomic E-state index is 0.387. The van der Waals surface area contributed by atoms with Gasteiger partial charge in [-0.15, -0.1) is 0 Å². The van der Waals surface area contributed by atoms with Crippen molar-refractivity contribution in [1.82, 2.24) is 0 Å². The van der Waals surface area contributed by atoms with Gasteiger partial charge in [0.2, 0.25) is 0 Å². The Morgan fingerprint density at radius 3 is 2.48 bits per heavy atom. The molecule has 130 valence electrons. The van der Waals surface area contributed by atoms with Gasteiger partial charge in [0, 0.05) is 0 Å². The second-order valence-electron chi connectivity index (χ2n) is 6.39. The quantitative estimate of drug-likeness (QED) is 0.559. The van der Waals surface area contributed by atoms with Gasteiger partial charge in [-0.2, -0.15) is 0 Å². The lowest BCUT2D eigenvalue weighted by Crippen LogP contribution is -2.29. The van der Waals surface area contributed by atoms with E-state index in [1.165, 1.54) is 12.8 Å². The van der Waals surface area contributed by atoms with Crippen LogP contribution in [0.15, 0.2) is 42.5 Å². The number of unbranched alkanes of at least 4 members (excludes halogenated alkanes) is 2. The second kappa shape index (κ2) is 7.51. The van der Waals surface area contributed by atoms with E-state index in [0.717, 1.165) is 35.6 Å². The zero-order chi connectivity index (χ0) is 17.8. The van der Waals surface area contributed by atoms with Crippen LogP contribution in [0.1, 0.15) is 47.7 Å². The number of benzene rings is 2. The Hall–Kier alpha value is -2.62. The molecule has 1 amide bonds. The van der Waals surface area contributed by atoms with Crippen LogP contribution in [0, 0.1) is 6.92 Å². The first kappa shape index (κ1) is 17.2. The van der Waals surface area contributed by atoms with Gasteiger partial charge in [-0.3, -0.25) is 9.59 Å². The number of rotatable bonds is 7. The van der Waals surface area contributed by atoms with E-state index >= 15 is 0 Å². The summed E-state index contributed by atoms with van der Waals surface area (Å²) in [6.45, 7) is 5.20. The summed E-state index contributed by atoms with van der Waals surface area (Å²) in [4.78, 5) is 26.1. The number of carbonyl (C=O) groups excluding carboxylic acids is 2. The maximum Gasteiger partial charge on any atom is 0.299 e. The maximum atomic E-state index is 12.3. The number of ketones is 1. The first-order valence-electron chi connectivity index (χ1n) is 8.79. The standard InChI is InChI=1S/C21H23NO3/c1-3-4-5-13-25-17-11-9-16(10-12-17)14-22-19-15(2)7-6-8-18(19)20(23)21(22)24/h6-12H,3-5,13-14H2,1-2H3. The van der Waals surface area contributed by atoms with Crippen molar-refractivity contribution in [2.45, 2.75) is 39.7 Å². The van der Waals surface area contributed by atoms with Crippen molar-refractivity contribution < 1.29 is 14.3 Å². The summed E-state index contributed by atoms with van der Waals surface area (Å²) in [5.74, 6) is -0.0426. The van der Waals surface area contributed by atoms with Crippen LogP contribution in [0.25, 0.3) is 0 Å². The molecule has 0 fully saturated rings. The third-order valence-corrected chi connectivity index (χ3v) is 4.47. The normalized spacial score (nSPS) is 13.3. The molecule has 0 bridgehead atoms. The number of carbonyl (C=O) groups is 2. The third-order valence-electron chi connectivity index (χ3n) is 4.47. The number of para-hydroxylation sites is 1. The summed E-state index contributed by atoms with van der Waals surface area (Å²) in [5.41, 5.74) is 3.14. The van der Waals surface area contributed by atoms with Gasteiger partial charge >= 0.3 is 0 Å². The number of anilines is 1. The van der Waals surface area contributed by atoms with Crippen LogP contribution in [0.3, 0.4) is 0 Å². The SMILES string of the molecule is CCCCCOc1ccc(CN2C(=O)C(=O)c3cccc(C)c32)cc1. The van der Waals surface area contributed by atoms with E-state index in [4.69, 9.17) is 4.74 Å². The molecule has 0 radical (unpaired) electrons. The monoisotopic (exact) mass is 337 g/mol. The van der Waals surface area contributed by atoms with E-state index in [9.17, 15) is 9.59 Å². The number of Topliss-reactive ketones (excluding diaryl/α,β-unsaturated/α-hetero) is 1. The van der Waals surface area contributed by atoms with Gasteiger partial charge in [0.1, 0.15) is 5.75 Å². The Morgan fingerprint density at radius 1 is 1.00 bits per heavy atom. The van der Waals surface area contributed by atoms with Gasteiger partial charge in [0.15, 0.2) is 0 Å². The van der Waals surface area contributed by atoms with Crippen LogP contribution in [-0.4, -0.2) is 18.3 Å². The number of hydrogen-bond acceptors (Lipinski definition) is 3. The van der Waals surface area contributed by atoms with E-state index in [0.29, 0.717) is 12.1 Å². The number of hydrogen-bond donors (Lipinski definition) is 0. The Labute approximate surface area is 148 Å². The van der Waals surface area contributed by atoms with Crippen molar-refractivity contribution in [2.75, 3.05) is 11.5 Å². The van der Waals surface area contributed by atoms with Crippen molar-refractivity contribution >= 4 is 17.4 Å². The van der Waals surface area contributed by atoms with E-state index in [1.807, 2.05) is 43.3 Å². The molecule has 2 aromatic carbocycles. The lowest BCUT2D eigenvalue weighted by Gasteiger charge is -2.18. The highest BCUT2D eigenvalue weighted by Crippen LogP contribution is 2.33. The number of nitrogens with zero attached hydrogens (tertiary/aromatic N) is 1. The predicted molar refractivity (Wildman–Crippen MR) is 98.2 cm³/mol. The average Bonchev–Trinajstić information content (AvgIpc) is 2.86. The van der Waals surface area contributed by atoms with Crippen LogP contribution in [-0.2, 0) is 11.3 Å². The van der Waals surface area contributed by atoms with Gasteiger partial charge in [-0.25, -0.2) is 0 Å². The fourth-order valence-corrected chi connectivity index (χ4v) is 3.11. The largest absolute Gasteiger partial charge is 0.494 e. The average molecular weight is 337 g/mol. The molecular formula is C21H23NO3. The number of ether oxygens (including phenoxy) is 1. The molecule has 0 spiro atoms. The Balaban J connectivity index is 1.71. The van der Waals surface area contributed by atoms with Crippen molar-refractivity contribution in [3.05, 3.63) is 59.2 Å². The molecule has 3 rings (SSSR count). The van der Waals surface area contributed by atoms with E-state index < -0.39 is 11.7 Å². The third kappa shape index (κ3) is 3.58. The minimum atomic E-state index is -0.454. The summed E-state index contributed by atoms with van der Waals surface area (Å²) in [7, 11) is 0. The van der Waals surface area contributed by atoms with Crippen molar-refractivity contribution in [1.29, 1.82) is 0 Å². The summed E-state index contributed by atoms with van der Waals surface area (Å²) in [6, 6.07) is 13.2. The zero-order valence-electron chi connectivity index (χ0n) is 14.7. The van der Waals surface area contributed by atoms with Gasteiger partial charge in [-0.1, -0.05) is 44.0 Å². The summed E-state index contributed by atoms with van der Waals surface area (Å²) < 4.78 is 5.71. The molecule has 0 saturated carbocycles. The molecule has 4 heteroatoms. The summed E-state index contributed by atoms with van der Waals surface area (Å²) >= 11 is 0. The highest BCUT2D eigenvalue weighted by atomic mass is 16.5. The fourth-order valence-electron chi connectivity index (χ4n) is 3.11. The van der Waals surface area contributed by atoms with Gasteiger partial charge in [-0.05, 0) is 42.7 Å². The second-order valence-corrected chi connectivity index (χ2v) is 6.39. The zero-order valence-corrected chi connectivity index (χ0v) is 14.7. The predicted octanol–water partition coefficient (Wildman–Crippen LogP) is 4.29. The van der Waals surface area contributed by atoms with Crippen LogP contribution in [0.4, 0.5) is 5.69 Å². The van der Waals surface area contributed by atoms with Gasteiger partial charge in [0.25, 0.3) is 11.7 Å². The minimum Gasteiger partial charge on any atom is -0.494 e. The lowest BCUT2D eigenvalue weighted by atomic mass is 10.1. The highest BCUT2D eigenvalue weighted by molar-refractivity contribution is 6.52. The van der Waals surface area contributed by atoms with Crippen molar-refractivity contribution in [3.8, 4) is 5.75 Å². The topological polar surface area (TPSA) is 46.6 Å². The Morgan fingerprint density at radius 2 is 1.76 bits per heavy atom. The number of fused-ring (bicyclic) bond motifs is 1. The molecule has 0 saturated heterocycles. The smallest absolute Gasteiger partial charge is 0.299 e. The van der Waals surface area contributed by atoms with Gasteiger partial charge < -0.3 is 9.64 Å². The molecule has 2 aromatic rings. The van der Waals surface area contributed by atoms with Crippen molar-refractivity contribution in [2.24, 2.45) is 0 Å². The highest BCUT2D eigenvalue weighted by Gasteiger charge is 2.36. The van der Waals surface area contributed by atoms with Gasteiger partial charge in [0.05, 0.1) is 24.4 Å². The molecule has 0 unspecified atom stereocenters. The Bertz CT molecular complexity index is 780. The lowest BCUT2D eigenvalue weighted by molar-refractivity contribution is -0.114. The Kier molecular flexibility index (Phi) is 5.17. The van der Waals surface area contributed by atoms with Crippen LogP contribution >= 0.6 is 0 Å². The fraction of sp³-hybridized carbons (Fsp3) is 0.333. The molecule has 0 atom stereocenters. The van der Waals surface area contributed by atoms with E-state index in [2.05, 4.69) is 6.92 Å². The number of aryl methyl sites for hydroxylation is 1. The molecule has 0 N–H and O–H groups in total. The van der Waals surface area contributed by atoms with Crippen LogP contribution in [0.2, 0.25) is 0 Å². The maximum absolute atomic E-state index is 12.3. The van der Waals surface area contributed by atoms with Crippen molar-refractivity contribution in [3.63, 3.8) is 0 Å². The van der Waals surface area contributed by atoms with Crippen LogP contribution < -0.4 is 9.64 Å². The van der Waals surface area contributed by atoms with Crippen LogP contribution in [0.5, 0.6) is 5.75 Å². The summed E-state index contributed by atoms with van der Waals surface area (Å²) in [5, 5.41) is 0. The molecule has 0 aromatic heterocycles. The molecule has 25 heavy (non-hydrogen) atoms. The first-order chi connectivity index (χ1) is 12.1.